The van der Waals surface area contributed by atoms with Gasteiger partial charge in [-0.2, -0.15) is 0 Å². The summed E-state index contributed by atoms with van der Waals surface area (Å²) >= 11 is 0. The summed E-state index contributed by atoms with van der Waals surface area (Å²) in [6.45, 7) is 17.9. The van der Waals surface area contributed by atoms with Gasteiger partial charge in [-0.3, -0.25) is 24.4 Å². The van der Waals surface area contributed by atoms with E-state index in [0.29, 0.717) is 44.0 Å². The molecule has 5 aliphatic rings. The van der Waals surface area contributed by atoms with E-state index in [1.54, 1.807) is 72.0 Å². The standard InChI is InChI=1S/C56H71N7O11/c1-30(2)27-62-24-22-56(23-25-62)58-44-41-42-49(67)36(8)52-43(41)53(69)55(9,74-52)72-26-21-39(71-10)33(5)51(73-40(64)29-63-28-38(60-61-63)20-19-37-17-12-11-13-18-37)35(7)48(66)34(6)47(65)31(3)15-14-16-32(4)54(70)57-46(50(42)68)45(44)59-56/h11-18,21,26,28,30-31,33-35,39,47-48,51,65-68H,19-20,22-25,27,29H2,1-10H3,(H,57,70)/b15-14+,26-21+,32-16-/t31-,33+,34+,35+,39-,47-,48+,51+,55-/m0/s1. The van der Waals surface area contributed by atoms with Crippen LogP contribution in [-0.4, -0.2) is 121 Å². The number of ether oxygens (including phenoxy) is 4. The van der Waals surface area contributed by atoms with E-state index >= 15 is 0 Å². The van der Waals surface area contributed by atoms with Gasteiger partial charge in [-0.15, -0.1) is 5.10 Å². The predicted molar refractivity (Wildman–Crippen MR) is 276 cm³/mol. The molecular formula is C56H71N7O11. The molecule has 3 aromatic carbocycles. The molecule has 18 nitrogen and oxygen atoms in total. The number of aliphatic hydroxyl groups is 2. The van der Waals surface area contributed by atoms with Crippen LogP contribution in [0, 0.1) is 36.5 Å². The second-order valence-corrected chi connectivity index (χ2v) is 21.2. The number of likely N-dealkylation sites (tertiary alicyclic amines) is 1. The maximum Gasteiger partial charge on any atom is 0.328 e. The van der Waals surface area contributed by atoms with E-state index in [1.807, 2.05) is 30.3 Å². The van der Waals surface area contributed by atoms with Crippen LogP contribution in [0.1, 0.15) is 95.4 Å². The van der Waals surface area contributed by atoms with Crippen LogP contribution in [0.5, 0.6) is 17.2 Å². The van der Waals surface area contributed by atoms with Gasteiger partial charge in [0.1, 0.15) is 35.2 Å². The van der Waals surface area contributed by atoms with Crippen molar-refractivity contribution in [3.05, 3.63) is 106 Å². The number of fused-ring (bicyclic) bond motifs is 13. The van der Waals surface area contributed by atoms with Gasteiger partial charge in [0.05, 0.1) is 46.6 Å². The molecule has 0 radical (unpaired) electrons. The Morgan fingerprint density at radius 1 is 0.919 bits per heavy atom. The lowest BCUT2D eigenvalue weighted by Gasteiger charge is -2.38. The second-order valence-electron chi connectivity index (χ2n) is 21.2. The van der Waals surface area contributed by atoms with E-state index in [9.17, 15) is 34.8 Å². The number of aryl methyl sites for hydroxylation is 2. The maximum absolute atomic E-state index is 15.0. The van der Waals surface area contributed by atoms with Gasteiger partial charge >= 0.3 is 11.8 Å². The average Bonchev–Trinajstić information content (AvgIpc) is 4.07. The van der Waals surface area contributed by atoms with Crippen molar-refractivity contribution < 1.29 is 53.8 Å². The van der Waals surface area contributed by atoms with E-state index in [1.165, 1.54) is 25.0 Å². The van der Waals surface area contributed by atoms with Crippen molar-refractivity contribution in [2.24, 2.45) is 39.6 Å². The number of piperidine rings is 1. The van der Waals surface area contributed by atoms with Crippen molar-refractivity contribution in [1.29, 1.82) is 0 Å². The zero-order valence-corrected chi connectivity index (χ0v) is 44.0. The number of rotatable bonds is 9. The minimum absolute atomic E-state index is 0.0205. The predicted octanol–water partition coefficient (Wildman–Crippen LogP) is 5.81. The number of hydrogen-bond donors (Lipinski definition) is 5. The van der Waals surface area contributed by atoms with Crippen LogP contribution in [0.2, 0.25) is 0 Å². The van der Waals surface area contributed by atoms with Gasteiger partial charge in [0, 0.05) is 92.9 Å². The van der Waals surface area contributed by atoms with E-state index < -0.39 is 82.9 Å². The van der Waals surface area contributed by atoms with E-state index in [0.717, 1.165) is 18.5 Å². The van der Waals surface area contributed by atoms with Gasteiger partial charge in [0.15, 0.2) is 11.4 Å². The lowest BCUT2D eigenvalue weighted by Crippen LogP contribution is -2.47. The number of hydrogen-bond acceptors (Lipinski definition) is 16. The number of nitrogens with zero attached hydrogens (tertiary/aromatic N) is 6. The number of amides is 1. The molecule has 396 valence electrons. The number of nitrogens with one attached hydrogen (secondary N) is 1. The number of aromatic hydroxyl groups is 2. The average molecular weight is 1020 g/mol. The van der Waals surface area contributed by atoms with Crippen LogP contribution in [0.25, 0.3) is 10.8 Å². The number of aliphatic hydroxyl groups excluding tert-OH is 2. The van der Waals surface area contributed by atoms with Gasteiger partial charge in [-0.1, -0.05) is 95.3 Å². The molecule has 0 saturated carbocycles. The van der Waals surface area contributed by atoms with Gasteiger partial charge in [0.2, 0.25) is 0 Å². The Labute approximate surface area is 431 Å². The Bertz CT molecular complexity index is 3000. The number of carbonyl (C=O) groups excluding carboxylic acids is 3. The first-order valence-corrected chi connectivity index (χ1v) is 25.7. The number of phenols is 2. The molecule has 1 fully saturated rings. The number of carbonyl (C=O) groups is 3. The molecule has 9 rings (SSSR count). The van der Waals surface area contributed by atoms with Crippen molar-refractivity contribution in [3.8, 4) is 17.2 Å². The fraction of sp³-hybridized carbons (Fsp3) is 0.518. The fourth-order valence-corrected chi connectivity index (χ4v) is 10.8. The Hall–Kier alpha value is -6.47. The number of ketones is 1. The number of methoxy groups -OCH3 is 1. The summed E-state index contributed by atoms with van der Waals surface area (Å²) in [5, 5.41) is 59.6. The highest BCUT2D eigenvalue weighted by Crippen LogP contribution is 2.50. The number of phenolic OH excluding ortho intramolecular Hbond substituents is 2. The zero-order chi connectivity index (χ0) is 53.4. The zero-order valence-electron chi connectivity index (χ0n) is 44.0. The van der Waals surface area contributed by atoms with Crippen molar-refractivity contribution in [2.75, 3.05) is 32.1 Å². The molecular weight excluding hydrogens is 947 g/mol. The fourth-order valence-electron chi connectivity index (χ4n) is 10.8. The molecule has 9 atom stereocenters. The molecule has 1 amide bonds. The Kier molecular flexibility index (Phi) is 15.8. The molecule has 5 aliphatic heterocycles. The Morgan fingerprint density at radius 3 is 2.31 bits per heavy atom. The van der Waals surface area contributed by atoms with Crippen LogP contribution < -0.4 is 20.8 Å². The van der Waals surface area contributed by atoms with Crippen LogP contribution in [0.3, 0.4) is 0 Å². The molecule has 5 N–H and O–H groups in total. The summed E-state index contributed by atoms with van der Waals surface area (Å²) in [6.07, 6.45) is 7.70. The summed E-state index contributed by atoms with van der Waals surface area (Å²) in [6, 6.07) is 9.97. The minimum Gasteiger partial charge on any atom is -0.507 e. The Morgan fingerprint density at radius 2 is 1.62 bits per heavy atom. The normalized spacial score (nSPS) is 29.0. The van der Waals surface area contributed by atoms with Crippen molar-refractivity contribution >= 4 is 34.1 Å². The number of Topliss-reactive ketones (excluding diaryl/α,β-unsaturated/α-hetero) is 1. The molecule has 1 aromatic heterocycles. The highest BCUT2D eigenvalue weighted by atomic mass is 16.7. The lowest BCUT2D eigenvalue weighted by atomic mass is 9.78. The third-order valence-corrected chi connectivity index (χ3v) is 15.2. The first kappa shape index (κ1) is 53.8. The summed E-state index contributed by atoms with van der Waals surface area (Å²) in [4.78, 5) is 55.6. The summed E-state index contributed by atoms with van der Waals surface area (Å²) in [5.41, 5.74) is 1.20. The smallest absolute Gasteiger partial charge is 0.328 e. The van der Waals surface area contributed by atoms with Crippen molar-refractivity contribution in [1.82, 2.24) is 19.9 Å². The SMILES string of the molecule is CO[C@H]1/C=C/O[C@@]2(C)Oc3c(C)c(O)c4c(O)c(c5c(c4c3C2=O)=NC2(CCN(CC(C)C)CC2)N=5)NC(=O)/C(C)=C\C=C\[C@H](C)[C@H](O)[C@@H](C)[C@@H](O)[C@@H](C)[C@H](OC(=O)Cn2cc(CCc3ccccc3)nn2)[C@@H]1C. The molecule has 1 spiro atoms. The van der Waals surface area contributed by atoms with E-state index in [4.69, 9.17) is 28.9 Å². The molecule has 6 heterocycles. The van der Waals surface area contributed by atoms with Gasteiger partial charge in [-0.25, -0.2) is 4.68 Å². The van der Waals surface area contributed by atoms with Crippen molar-refractivity contribution in [2.45, 2.75) is 130 Å². The van der Waals surface area contributed by atoms with Crippen LogP contribution in [0.15, 0.2) is 82.7 Å². The van der Waals surface area contributed by atoms with E-state index in [2.05, 4.69) is 34.4 Å². The lowest BCUT2D eigenvalue weighted by molar-refractivity contribution is -0.164. The Balaban J connectivity index is 1.17. The molecule has 18 heteroatoms. The highest BCUT2D eigenvalue weighted by Gasteiger charge is 2.50. The number of aromatic nitrogens is 3. The topological polar surface area (TPSA) is 240 Å². The molecule has 4 aromatic rings. The van der Waals surface area contributed by atoms with Gasteiger partial charge < -0.3 is 49.6 Å². The molecule has 0 aliphatic carbocycles. The molecule has 74 heavy (non-hydrogen) atoms. The second kappa shape index (κ2) is 21.8. The van der Waals surface area contributed by atoms with Gasteiger partial charge in [0.25, 0.3) is 11.7 Å². The first-order chi connectivity index (χ1) is 35.2. The monoisotopic (exact) mass is 1020 g/mol. The highest BCUT2D eigenvalue weighted by molar-refractivity contribution is 6.19. The minimum atomic E-state index is -2.00. The van der Waals surface area contributed by atoms with Gasteiger partial charge in [-0.05, 0) is 44.2 Å². The summed E-state index contributed by atoms with van der Waals surface area (Å²) < 4.78 is 26.2. The summed E-state index contributed by atoms with van der Waals surface area (Å²) in [7, 11) is 1.47. The van der Waals surface area contributed by atoms with Crippen LogP contribution in [0.4, 0.5) is 5.69 Å². The maximum atomic E-state index is 15.0. The third-order valence-electron chi connectivity index (χ3n) is 15.2. The number of esters is 1. The third kappa shape index (κ3) is 10.7. The number of anilines is 1. The molecule has 5 bridgehead atoms. The summed E-state index contributed by atoms with van der Waals surface area (Å²) in [5.74, 6) is -6.98. The quantitative estimate of drug-likeness (QED) is 0.0984. The van der Waals surface area contributed by atoms with Crippen LogP contribution >= 0.6 is 0 Å². The van der Waals surface area contributed by atoms with E-state index in [-0.39, 0.29) is 61.9 Å². The largest absolute Gasteiger partial charge is 0.507 e. The molecule has 1 saturated heterocycles. The molecule has 0 unspecified atom stereocenters. The van der Waals surface area contributed by atoms with Crippen molar-refractivity contribution in [3.63, 3.8) is 0 Å². The number of allylic oxidation sites excluding steroid dienone is 2. The first-order valence-electron chi connectivity index (χ1n) is 25.7. The van der Waals surface area contributed by atoms with Crippen LogP contribution in [-0.2, 0) is 43.2 Å². The number of benzene rings is 3.